The number of furan rings is 1. The van der Waals surface area contributed by atoms with Crippen molar-refractivity contribution in [1.82, 2.24) is 5.32 Å². The van der Waals surface area contributed by atoms with Crippen molar-refractivity contribution in [2.75, 3.05) is 12.4 Å². The fraction of sp³-hybridized carbons (Fsp3) is 0.156. The second kappa shape index (κ2) is 12.4. The minimum Gasteiger partial charge on any atom is -0.478 e. The number of anilines is 1. The quantitative estimate of drug-likeness (QED) is 0.113. The van der Waals surface area contributed by atoms with E-state index in [1.54, 1.807) is 75.4 Å². The number of hydrogen-bond donors (Lipinski definition) is 4. The molecule has 1 heterocycles. The van der Waals surface area contributed by atoms with Gasteiger partial charge in [0.25, 0.3) is 5.91 Å². The number of hydrogen-bond acceptors (Lipinski definition) is 8. The van der Waals surface area contributed by atoms with Gasteiger partial charge in [0, 0.05) is 22.4 Å². The summed E-state index contributed by atoms with van der Waals surface area (Å²) in [5.41, 5.74) is 1.32. The van der Waals surface area contributed by atoms with Gasteiger partial charge in [-0.3, -0.25) is 15.5 Å². The maximum absolute atomic E-state index is 13.7. The van der Waals surface area contributed by atoms with Gasteiger partial charge in [0.05, 0.1) is 24.5 Å². The number of carbonyl (C=O) groups is 4. The third-order valence-electron chi connectivity index (χ3n) is 6.09. The van der Waals surface area contributed by atoms with Gasteiger partial charge in [-0.1, -0.05) is 18.2 Å². The molecular weight excluding hydrogens is 554 g/mol. The van der Waals surface area contributed by atoms with Crippen LogP contribution in [0.3, 0.4) is 0 Å². The van der Waals surface area contributed by atoms with Crippen LogP contribution >= 0.6 is 0 Å². The van der Waals surface area contributed by atoms with E-state index in [1.807, 2.05) is 0 Å². The summed E-state index contributed by atoms with van der Waals surface area (Å²) in [5, 5.41) is 22.8. The maximum Gasteiger partial charge on any atom is 0.413 e. The molecule has 2 amide bonds. The topological polar surface area (TPSA) is 168 Å². The number of benzene rings is 3. The molecule has 0 unspecified atom stereocenters. The maximum atomic E-state index is 13.7. The van der Waals surface area contributed by atoms with Crippen molar-refractivity contribution in [3.8, 4) is 22.5 Å². The van der Waals surface area contributed by atoms with Crippen LogP contribution in [0.4, 0.5) is 10.5 Å². The highest BCUT2D eigenvalue weighted by Crippen LogP contribution is 2.33. The fourth-order valence-corrected chi connectivity index (χ4v) is 4.15. The van der Waals surface area contributed by atoms with Crippen LogP contribution < -0.4 is 10.6 Å². The third-order valence-corrected chi connectivity index (χ3v) is 6.09. The predicted molar refractivity (Wildman–Crippen MR) is 158 cm³/mol. The summed E-state index contributed by atoms with van der Waals surface area (Å²) in [4.78, 5) is 49.9. The third kappa shape index (κ3) is 7.33. The molecule has 11 nitrogen and oxygen atoms in total. The number of amides is 2. The molecular formula is C32H29N3O8. The Bertz CT molecular complexity index is 1700. The zero-order valence-electron chi connectivity index (χ0n) is 23.8. The molecule has 0 radical (unpaired) electrons. The minimum atomic E-state index is -1.22. The van der Waals surface area contributed by atoms with Crippen LogP contribution in [0.15, 0.2) is 83.5 Å². The van der Waals surface area contributed by atoms with Crippen LogP contribution in [-0.4, -0.2) is 47.6 Å². The molecule has 0 aliphatic rings. The smallest absolute Gasteiger partial charge is 0.413 e. The van der Waals surface area contributed by atoms with Gasteiger partial charge in [-0.2, -0.15) is 0 Å². The van der Waals surface area contributed by atoms with E-state index in [9.17, 15) is 24.3 Å². The molecule has 0 saturated heterocycles. The van der Waals surface area contributed by atoms with Crippen LogP contribution in [0.1, 0.15) is 57.4 Å². The Morgan fingerprint density at radius 3 is 2.12 bits per heavy atom. The van der Waals surface area contributed by atoms with Crippen LogP contribution in [-0.2, 0) is 9.47 Å². The first-order chi connectivity index (χ1) is 20.4. The number of carboxylic acids is 1. The highest BCUT2D eigenvalue weighted by atomic mass is 16.6. The van der Waals surface area contributed by atoms with Gasteiger partial charge in [0.15, 0.2) is 0 Å². The summed E-state index contributed by atoms with van der Waals surface area (Å²) in [7, 11) is 1.18. The molecule has 11 heteroatoms. The number of carboxylic acid groups (broad SMARTS) is 1. The van der Waals surface area contributed by atoms with Gasteiger partial charge in [-0.15, -0.1) is 0 Å². The summed E-state index contributed by atoms with van der Waals surface area (Å²) in [6, 6.07) is 18.6. The Morgan fingerprint density at radius 1 is 0.860 bits per heavy atom. The lowest BCUT2D eigenvalue weighted by atomic mass is 9.91. The molecule has 0 aliphatic heterocycles. The Labute approximate surface area is 246 Å². The van der Waals surface area contributed by atoms with Gasteiger partial charge in [0.1, 0.15) is 17.2 Å². The SMILES string of the molecule is COC(=O)c1cc(C(=O)O)ccc1-c1ccc(-c2ccco2)cc1C(=O)Nc1ccc(C(=N)NC(=O)OC(C)(C)C)cc1. The number of nitrogens with one attached hydrogen (secondary N) is 3. The van der Waals surface area contributed by atoms with Gasteiger partial charge >= 0.3 is 18.0 Å². The zero-order valence-corrected chi connectivity index (χ0v) is 23.8. The molecule has 0 fully saturated rings. The van der Waals surface area contributed by atoms with Crippen LogP contribution in [0.2, 0.25) is 0 Å². The molecule has 4 aromatic rings. The normalized spacial score (nSPS) is 10.9. The number of methoxy groups -OCH3 is 1. The Balaban J connectivity index is 1.67. The monoisotopic (exact) mass is 583 g/mol. The van der Waals surface area contributed by atoms with E-state index in [-0.39, 0.29) is 22.5 Å². The van der Waals surface area contributed by atoms with Crippen molar-refractivity contribution in [3.05, 3.63) is 101 Å². The van der Waals surface area contributed by atoms with Crippen LogP contribution in [0.5, 0.6) is 0 Å². The summed E-state index contributed by atoms with van der Waals surface area (Å²) in [5.74, 6) is -2.19. The molecule has 43 heavy (non-hydrogen) atoms. The largest absolute Gasteiger partial charge is 0.478 e. The molecule has 220 valence electrons. The highest BCUT2D eigenvalue weighted by Gasteiger charge is 2.22. The van der Waals surface area contributed by atoms with Crippen molar-refractivity contribution in [3.63, 3.8) is 0 Å². The molecule has 1 aromatic heterocycles. The molecule has 0 saturated carbocycles. The standard InChI is InChI=1S/C32H29N3O8/c1-32(2,3)43-31(40)35-27(33)18-7-11-21(12-8-18)34-28(36)24-16-19(26-6-5-15-42-26)9-13-22(24)23-14-10-20(29(37)38)17-25(23)30(39)41-4/h5-17H,1-4H3,(H,34,36)(H,37,38)(H2,33,35,40). The van der Waals surface area contributed by atoms with Gasteiger partial charge in [-0.25, -0.2) is 14.4 Å². The Hall–Kier alpha value is -5.71. The van der Waals surface area contributed by atoms with Crippen LogP contribution in [0.25, 0.3) is 22.5 Å². The molecule has 4 N–H and O–H groups in total. The zero-order chi connectivity index (χ0) is 31.3. The first-order valence-electron chi connectivity index (χ1n) is 13.0. The van der Waals surface area contributed by atoms with Crippen molar-refractivity contribution < 1.29 is 38.2 Å². The summed E-state index contributed by atoms with van der Waals surface area (Å²) < 4.78 is 15.6. The molecule has 3 aromatic carbocycles. The molecule has 0 aliphatic carbocycles. The Morgan fingerprint density at radius 2 is 1.51 bits per heavy atom. The van der Waals surface area contributed by atoms with Crippen molar-refractivity contribution in [2.24, 2.45) is 0 Å². The average Bonchev–Trinajstić information content (AvgIpc) is 3.50. The number of alkyl carbamates (subject to hydrolysis) is 1. The number of esters is 1. The number of rotatable bonds is 7. The summed E-state index contributed by atoms with van der Waals surface area (Å²) in [6.45, 7) is 5.14. The highest BCUT2D eigenvalue weighted by molar-refractivity contribution is 6.12. The van der Waals surface area contributed by atoms with E-state index in [1.165, 1.54) is 31.6 Å². The fourth-order valence-electron chi connectivity index (χ4n) is 4.15. The van der Waals surface area contributed by atoms with Crippen molar-refractivity contribution in [2.45, 2.75) is 26.4 Å². The lowest BCUT2D eigenvalue weighted by Gasteiger charge is -2.19. The predicted octanol–water partition coefficient (Wildman–Crippen LogP) is 6.20. The van der Waals surface area contributed by atoms with E-state index in [0.29, 0.717) is 33.7 Å². The second-order valence-electron chi connectivity index (χ2n) is 10.3. The van der Waals surface area contributed by atoms with E-state index < -0.39 is 29.5 Å². The summed E-state index contributed by atoms with van der Waals surface area (Å²) >= 11 is 0. The van der Waals surface area contributed by atoms with E-state index >= 15 is 0 Å². The second-order valence-corrected chi connectivity index (χ2v) is 10.3. The lowest BCUT2D eigenvalue weighted by molar-refractivity contribution is 0.0559. The average molecular weight is 584 g/mol. The minimum absolute atomic E-state index is 0.0254. The van der Waals surface area contributed by atoms with E-state index in [4.69, 9.17) is 19.3 Å². The number of ether oxygens (including phenoxy) is 2. The Kier molecular flexibility index (Phi) is 8.75. The number of aromatic carboxylic acids is 1. The molecule has 0 spiro atoms. The van der Waals surface area contributed by atoms with E-state index in [0.717, 1.165) is 0 Å². The summed E-state index contributed by atoms with van der Waals surface area (Å²) in [6.07, 6.45) is 0.737. The van der Waals surface area contributed by atoms with Crippen LogP contribution in [0, 0.1) is 5.41 Å². The number of carbonyl (C=O) groups excluding carboxylic acids is 3. The van der Waals surface area contributed by atoms with Crippen molar-refractivity contribution in [1.29, 1.82) is 5.41 Å². The molecule has 0 bridgehead atoms. The van der Waals surface area contributed by atoms with Gasteiger partial charge in [-0.05, 0) is 86.5 Å². The molecule has 0 atom stereocenters. The lowest BCUT2D eigenvalue weighted by Crippen LogP contribution is -2.36. The number of amidine groups is 1. The first kappa shape index (κ1) is 30.3. The van der Waals surface area contributed by atoms with Gasteiger partial charge in [0.2, 0.25) is 0 Å². The van der Waals surface area contributed by atoms with Gasteiger partial charge < -0.3 is 24.3 Å². The molecule has 4 rings (SSSR count). The van der Waals surface area contributed by atoms with Crippen molar-refractivity contribution >= 4 is 35.5 Å². The van der Waals surface area contributed by atoms with E-state index in [2.05, 4.69) is 10.6 Å². The first-order valence-corrected chi connectivity index (χ1v) is 13.0.